The van der Waals surface area contributed by atoms with Crippen LogP contribution in [0.2, 0.25) is 0 Å². The lowest BCUT2D eigenvalue weighted by Gasteiger charge is -2.22. The van der Waals surface area contributed by atoms with Gasteiger partial charge in [0.05, 0.1) is 6.26 Å². The summed E-state index contributed by atoms with van der Waals surface area (Å²) in [6.07, 6.45) is 4.01. The van der Waals surface area contributed by atoms with E-state index in [-0.39, 0.29) is 5.92 Å². The zero-order valence-electron chi connectivity index (χ0n) is 18.7. The van der Waals surface area contributed by atoms with Gasteiger partial charge in [-0.25, -0.2) is 8.42 Å². The first-order valence-electron chi connectivity index (χ1n) is 11.3. The van der Waals surface area contributed by atoms with Crippen molar-refractivity contribution in [2.75, 3.05) is 11.0 Å². The molecule has 0 heterocycles. The van der Waals surface area contributed by atoms with Crippen molar-refractivity contribution < 1.29 is 8.42 Å². The van der Waals surface area contributed by atoms with Crippen LogP contribution < -0.4 is 4.72 Å². The smallest absolute Gasteiger partial charge is 0.229 e. The minimum absolute atomic E-state index is 0.204. The molecule has 0 aliphatic heterocycles. The fourth-order valence-corrected chi connectivity index (χ4v) is 5.61. The molecule has 1 atom stereocenters. The number of benzene rings is 4. The van der Waals surface area contributed by atoms with Crippen LogP contribution in [-0.2, 0) is 29.3 Å². The van der Waals surface area contributed by atoms with E-state index in [1.54, 1.807) is 6.07 Å². The van der Waals surface area contributed by atoms with Gasteiger partial charge in [-0.1, -0.05) is 84.9 Å². The molecule has 4 heteroatoms. The largest absolute Gasteiger partial charge is 0.284 e. The second-order valence-corrected chi connectivity index (χ2v) is 10.5. The lowest BCUT2D eigenvalue weighted by Crippen LogP contribution is -2.11. The lowest BCUT2D eigenvalue weighted by molar-refractivity contribution is 0.607. The minimum Gasteiger partial charge on any atom is -0.284 e. The standard InChI is InChI=1S/C29H27NO2S/c1-33(31,32)30-24-13-7-9-21(19-24)20-29-26-14-6-5-12-23(26)17-18-28-25(15-8-16-27(28)29)22-10-3-2-4-11-22/h2-16,19,29-30H,17-18,20H2,1H3/t29-/m1/s1. The second kappa shape index (κ2) is 8.87. The Hall–Kier alpha value is -3.37. The predicted octanol–water partition coefficient (Wildman–Crippen LogP) is 6.20. The summed E-state index contributed by atoms with van der Waals surface area (Å²) in [5.74, 6) is 0.204. The third kappa shape index (κ3) is 4.71. The fourth-order valence-electron chi connectivity index (χ4n) is 5.06. The third-order valence-electron chi connectivity index (χ3n) is 6.42. The van der Waals surface area contributed by atoms with Crippen LogP contribution in [0.15, 0.2) is 97.1 Å². The highest BCUT2D eigenvalue weighted by molar-refractivity contribution is 7.92. The summed E-state index contributed by atoms with van der Waals surface area (Å²) in [7, 11) is -3.32. The van der Waals surface area contributed by atoms with Crippen molar-refractivity contribution in [3.8, 4) is 11.1 Å². The molecule has 3 nitrogen and oxygen atoms in total. The summed E-state index contributed by atoms with van der Waals surface area (Å²) in [6, 6.07) is 33.8. The number of fused-ring (bicyclic) bond motifs is 2. The molecule has 166 valence electrons. The first kappa shape index (κ1) is 21.5. The van der Waals surface area contributed by atoms with Gasteiger partial charge in [-0.2, -0.15) is 0 Å². The molecule has 4 aromatic rings. The molecule has 0 unspecified atom stereocenters. The Balaban J connectivity index is 1.61. The molecule has 0 amide bonds. The van der Waals surface area contributed by atoms with Crippen molar-refractivity contribution >= 4 is 15.7 Å². The molecular weight excluding hydrogens is 426 g/mol. The first-order chi connectivity index (χ1) is 16.0. The van der Waals surface area contributed by atoms with E-state index < -0.39 is 10.0 Å². The maximum Gasteiger partial charge on any atom is 0.229 e. The van der Waals surface area contributed by atoms with Crippen LogP contribution in [0.25, 0.3) is 11.1 Å². The summed E-state index contributed by atoms with van der Waals surface area (Å²) in [6.45, 7) is 0. The molecule has 5 rings (SSSR count). The fraction of sp³-hybridized carbons (Fsp3) is 0.172. The van der Waals surface area contributed by atoms with Gasteiger partial charge in [0.25, 0.3) is 0 Å². The number of nitrogens with one attached hydrogen (secondary N) is 1. The van der Waals surface area contributed by atoms with Gasteiger partial charge in [0.15, 0.2) is 0 Å². The molecule has 0 radical (unpaired) electrons. The highest BCUT2D eigenvalue weighted by Crippen LogP contribution is 2.40. The topological polar surface area (TPSA) is 46.2 Å². The normalized spacial score (nSPS) is 15.2. The van der Waals surface area contributed by atoms with E-state index in [2.05, 4.69) is 83.6 Å². The maximum absolute atomic E-state index is 11.7. The van der Waals surface area contributed by atoms with Crippen molar-refractivity contribution in [1.82, 2.24) is 0 Å². The number of hydrogen-bond donors (Lipinski definition) is 1. The molecular formula is C29H27NO2S. The molecule has 0 spiro atoms. The Bertz CT molecular complexity index is 1390. The van der Waals surface area contributed by atoms with Crippen LogP contribution in [0, 0.1) is 0 Å². The number of anilines is 1. The average molecular weight is 454 g/mol. The molecule has 1 N–H and O–H groups in total. The lowest BCUT2D eigenvalue weighted by atomic mass is 9.82. The Morgan fingerprint density at radius 3 is 2.33 bits per heavy atom. The van der Waals surface area contributed by atoms with E-state index in [4.69, 9.17) is 0 Å². The monoisotopic (exact) mass is 453 g/mol. The van der Waals surface area contributed by atoms with Gasteiger partial charge >= 0.3 is 0 Å². The average Bonchev–Trinajstić information content (AvgIpc) is 2.96. The number of rotatable bonds is 5. The molecule has 4 aromatic carbocycles. The summed E-state index contributed by atoms with van der Waals surface area (Å²) < 4.78 is 26.1. The van der Waals surface area contributed by atoms with E-state index in [0.29, 0.717) is 5.69 Å². The van der Waals surface area contributed by atoms with Crippen molar-refractivity contribution in [2.45, 2.75) is 25.2 Å². The molecule has 0 aromatic heterocycles. The molecule has 0 saturated carbocycles. The van der Waals surface area contributed by atoms with E-state index >= 15 is 0 Å². The summed E-state index contributed by atoms with van der Waals surface area (Å²) in [5, 5.41) is 0. The predicted molar refractivity (Wildman–Crippen MR) is 136 cm³/mol. The second-order valence-electron chi connectivity index (χ2n) is 8.77. The van der Waals surface area contributed by atoms with Gasteiger partial charge in [0, 0.05) is 11.6 Å². The molecule has 0 fully saturated rings. The zero-order valence-corrected chi connectivity index (χ0v) is 19.5. The van der Waals surface area contributed by atoms with Crippen LogP contribution in [0.5, 0.6) is 0 Å². The Morgan fingerprint density at radius 2 is 1.52 bits per heavy atom. The van der Waals surface area contributed by atoms with Crippen molar-refractivity contribution in [1.29, 1.82) is 0 Å². The summed E-state index contributed by atoms with van der Waals surface area (Å²) in [5.41, 5.74) is 9.80. The highest BCUT2D eigenvalue weighted by atomic mass is 32.2. The van der Waals surface area contributed by atoms with E-state index in [9.17, 15) is 8.42 Å². The van der Waals surface area contributed by atoms with Gasteiger partial charge in [0.2, 0.25) is 10.0 Å². The van der Waals surface area contributed by atoms with Crippen LogP contribution in [0.3, 0.4) is 0 Å². The molecule has 1 aliphatic rings. The Labute approximate surface area is 196 Å². The van der Waals surface area contributed by atoms with Gasteiger partial charge in [-0.15, -0.1) is 0 Å². The van der Waals surface area contributed by atoms with E-state index in [1.807, 2.05) is 12.1 Å². The molecule has 0 saturated heterocycles. The van der Waals surface area contributed by atoms with Gasteiger partial charge < -0.3 is 0 Å². The maximum atomic E-state index is 11.7. The van der Waals surface area contributed by atoms with Crippen molar-refractivity contribution in [3.05, 3.63) is 125 Å². The van der Waals surface area contributed by atoms with E-state index in [0.717, 1.165) is 24.8 Å². The Kier molecular flexibility index (Phi) is 5.77. The number of aryl methyl sites for hydroxylation is 1. The quantitative estimate of drug-likeness (QED) is 0.391. The molecule has 0 bridgehead atoms. The number of sulfonamides is 1. The van der Waals surface area contributed by atoms with Crippen molar-refractivity contribution in [2.24, 2.45) is 0 Å². The first-order valence-corrected chi connectivity index (χ1v) is 13.2. The SMILES string of the molecule is CS(=O)(=O)Nc1cccc(C[C@@H]2c3ccccc3CCc3c(-c4ccccc4)cccc32)c1. The molecule has 1 aliphatic carbocycles. The highest BCUT2D eigenvalue weighted by Gasteiger charge is 2.25. The minimum atomic E-state index is -3.32. The zero-order chi connectivity index (χ0) is 22.8. The van der Waals surface area contributed by atoms with Crippen LogP contribution in [-0.4, -0.2) is 14.7 Å². The van der Waals surface area contributed by atoms with Gasteiger partial charge in [-0.3, -0.25) is 4.72 Å². The van der Waals surface area contributed by atoms with Gasteiger partial charge in [-0.05, 0) is 70.3 Å². The number of hydrogen-bond acceptors (Lipinski definition) is 2. The van der Waals surface area contributed by atoms with Gasteiger partial charge in [0.1, 0.15) is 0 Å². The van der Waals surface area contributed by atoms with Crippen LogP contribution in [0.1, 0.15) is 33.7 Å². The van der Waals surface area contributed by atoms with E-state index in [1.165, 1.54) is 39.6 Å². The summed E-state index contributed by atoms with van der Waals surface area (Å²) in [4.78, 5) is 0. The molecule has 33 heavy (non-hydrogen) atoms. The summed E-state index contributed by atoms with van der Waals surface area (Å²) >= 11 is 0. The third-order valence-corrected chi connectivity index (χ3v) is 7.02. The van der Waals surface area contributed by atoms with Crippen LogP contribution in [0.4, 0.5) is 5.69 Å². The van der Waals surface area contributed by atoms with Crippen molar-refractivity contribution in [3.63, 3.8) is 0 Å². The Morgan fingerprint density at radius 1 is 0.788 bits per heavy atom. The van der Waals surface area contributed by atoms with Crippen LogP contribution >= 0.6 is 0 Å².